The van der Waals surface area contributed by atoms with E-state index in [1.165, 1.54) is 43.5 Å². The molecule has 408 valence electrons. The molecule has 0 amide bonds. The lowest BCUT2D eigenvalue weighted by molar-refractivity contribution is 0.854. The van der Waals surface area contributed by atoms with Gasteiger partial charge in [-0.2, -0.15) is 0 Å². The van der Waals surface area contributed by atoms with Crippen LogP contribution in [0.15, 0.2) is 309 Å². The van der Waals surface area contributed by atoms with Crippen molar-refractivity contribution in [1.29, 1.82) is 0 Å². The van der Waals surface area contributed by atoms with Crippen LogP contribution in [0.2, 0.25) is 0 Å². The molecule has 1 aliphatic rings. The maximum atomic E-state index is 5.40. The van der Waals surface area contributed by atoms with Gasteiger partial charge in [0.15, 0.2) is 17.5 Å². The Morgan fingerprint density at radius 2 is 0.713 bits per heavy atom. The lowest BCUT2D eigenvalue weighted by Gasteiger charge is -2.22. The standard InChI is InChI=1S/C81H54N6/c1-7-23-53(24-8-1)55-39-43-57(44-40-55)68-51-61(81-83-79(59-27-11-3-12-28-59)82-80(84-81)60-29-13-4-14-30-60)52-69(58-45-41-56(42-46-58)54-25-9-2-10-26-54)76(68)87-71-38-22-20-36-67(71)75-73(87)50-48-65-64-47-49-72-74(77(64)86(78(65)75)63-33-17-6-18-34-63)66-35-19-21-37-70(66)85(72)62-31-15-5-16-32-62/h1-25,27-52,54H,26H2. The molecule has 0 bridgehead atoms. The van der Waals surface area contributed by atoms with Crippen LogP contribution in [-0.4, -0.2) is 28.7 Å². The highest BCUT2D eigenvalue weighted by Crippen LogP contribution is 2.49. The van der Waals surface area contributed by atoms with Crippen LogP contribution >= 0.6 is 0 Å². The van der Waals surface area contributed by atoms with Crippen LogP contribution in [0.1, 0.15) is 17.9 Å². The van der Waals surface area contributed by atoms with E-state index in [2.05, 4.69) is 287 Å². The third-order valence-corrected chi connectivity index (χ3v) is 17.6. The van der Waals surface area contributed by atoms with Gasteiger partial charge in [0.25, 0.3) is 0 Å². The van der Waals surface area contributed by atoms with Crippen LogP contribution in [0, 0.1) is 0 Å². The van der Waals surface area contributed by atoms with Gasteiger partial charge in [-0.05, 0) is 94.9 Å². The van der Waals surface area contributed by atoms with Gasteiger partial charge in [0.1, 0.15) is 0 Å². The normalized spacial score (nSPS) is 13.3. The van der Waals surface area contributed by atoms with Gasteiger partial charge in [0, 0.05) is 77.4 Å². The Morgan fingerprint density at radius 3 is 1.23 bits per heavy atom. The van der Waals surface area contributed by atoms with Crippen molar-refractivity contribution in [3.63, 3.8) is 0 Å². The van der Waals surface area contributed by atoms with Gasteiger partial charge < -0.3 is 13.7 Å². The molecule has 0 saturated carbocycles. The minimum Gasteiger partial charge on any atom is -0.309 e. The van der Waals surface area contributed by atoms with Gasteiger partial charge in [0.05, 0.1) is 38.8 Å². The third-order valence-electron chi connectivity index (χ3n) is 17.6. The summed E-state index contributed by atoms with van der Waals surface area (Å²) >= 11 is 0. The maximum absolute atomic E-state index is 5.40. The van der Waals surface area contributed by atoms with Crippen LogP contribution in [-0.2, 0) is 0 Å². The number of nitrogens with zero attached hydrogens (tertiary/aromatic N) is 6. The van der Waals surface area contributed by atoms with Gasteiger partial charge in [-0.15, -0.1) is 0 Å². The number of fused-ring (bicyclic) bond motifs is 11. The lowest BCUT2D eigenvalue weighted by atomic mass is 9.89. The second-order valence-electron chi connectivity index (χ2n) is 22.6. The molecule has 17 rings (SSSR count). The smallest absolute Gasteiger partial charge is 0.164 e. The van der Waals surface area contributed by atoms with E-state index < -0.39 is 0 Å². The van der Waals surface area contributed by atoms with Crippen LogP contribution in [0.5, 0.6) is 0 Å². The van der Waals surface area contributed by atoms with E-state index in [0.29, 0.717) is 23.4 Å². The van der Waals surface area contributed by atoms with Crippen molar-refractivity contribution >= 4 is 65.4 Å². The summed E-state index contributed by atoms with van der Waals surface area (Å²) in [5, 5.41) is 7.15. The quantitative estimate of drug-likeness (QED) is 0.137. The fourth-order valence-corrected chi connectivity index (χ4v) is 13.6. The molecule has 0 spiro atoms. The Morgan fingerprint density at radius 1 is 0.299 bits per heavy atom. The molecule has 0 saturated heterocycles. The molecule has 0 radical (unpaired) electrons. The molecular weight excluding hydrogens is 1060 g/mol. The lowest BCUT2D eigenvalue weighted by Crippen LogP contribution is -2.04. The van der Waals surface area contributed by atoms with Crippen molar-refractivity contribution in [3.05, 3.63) is 315 Å². The average Bonchev–Trinajstić information content (AvgIpc) is 1.56. The summed E-state index contributed by atoms with van der Waals surface area (Å²) in [5.41, 5.74) is 20.7. The van der Waals surface area contributed by atoms with Crippen molar-refractivity contribution in [2.45, 2.75) is 12.3 Å². The number of para-hydroxylation sites is 4. The maximum Gasteiger partial charge on any atom is 0.164 e. The van der Waals surface area contributed by atoms with E-state index in [9.17, 15) is 0 Å². The molecule has 1 aliphatic carbocycles. The zero-order valence-corrected chi connectivity index (χ0v) is 47.4. The zero-order valence-electron chi connectivity index (χ0n) is 47.4. The molecule has 0 fully saturated rings. The molecule has 4 aromatic heterocycles. The Labute approximate surface area is 503 Å². The van der Waals surface area contributed by atoms with Gasteiger partial charge in [-0.3, -0.25) is 0 Å². The Hall–Kier alpha value is -11.5. The molecule has 6 nitrogen and oxygen atoms in total. The number of hydrogen-bond donors (Lipinski definition) is 0. The molecule has 4 heterocycles. The second kappa shape index (κ2) is 20.7. The first-order valence-electron chi connectivity index (χ1n) is 29.9. The minimum absolute atomic E-state index is 0.291. The summed E-state index contributed by atoms with van der Waals surface area (Å²) in [7, 11) is 0. The minimum atomic E-state index is 0.291. The predicted molar refractivity (Wildman–Crippen MR) is 361 cm³/mol. The summed E-state index contributed by atoms with van der Waals surface area (Å²) in [6.07, 6.45) is 9.85. The van der Waals surface area contributed by atoms with Gasteiger partial charge in [0.2, 0.25) is 0 Å². The molecule has 6 heteroatoms. The summed E-state index contributed by atoms with van der Waals surface area (Å²) in [6.45, 7) is 0. The van der Waals surface area contributed by atoms with Crippen LogP contribution in [0.25, 0.3) is 150 Å². The molecule has 1 unspecified atom stereocenters. The molecule has 0 aliphatic heterocycles. The summed E-state index contributed by atoms with van der Waals surface area (Å²) in [4.78, 5) is 15.9. The largest absolute Gasteiger partial charge is 0.309 e. The van der Waals surface area contributed by atoms with Crippen molar-refractivity contribution in [1.82, 2.24) is 28.7 Å². The highest BCUT2D eigenvalue weighted by Gasteiger charge is 2.28. The number of allylic oxidation sites excluding steroid dienone is 4. The summed E-state index contributed by atoms with van der Waals surface area (Å²) in [5.74, 6) is 2.10. The van der Waals surface area contributed by atoms with E-state index >= 15 is 0 Å². The van der Waals surface area contributed by atoms with E-state index in [1.807, 2.05) is 36.4 Å². The van der Waals surface area contributed by atoms with E-state index in [0.717, 1.165) is 101 Å². The molecule has 1 atom stereocenters. The SMILES string of the molecule is C1=CCC(c2ccc(-c3cc(-c4nc(-c5ccccc5)nc(-c5ccccc5)n4)cc(-c4ccc(-c5ccccc5)cc4)c3-n3c4ccccc4c4c3ccc3c5ccc6c(c7ccccc7n6-c6ccccc6)c5n(-c5ccccc5)c34)cc2)C=C1. The first-order valence-corrected chi connectivity index (χ1v) is 29.9. The van der Waals surface area contributed by atoms with Crippen LogP contribution in [0.3, 0.4) is 0 Å². The molecule has 0 N–H and O–H groups in total. The van der Waals surface area contributed by atoms with E-state index in [1.54, 1.807) is 0 Å². The fraction of sp³-hybridized carbons (Fsp3) is 0.0247. The molecular formula is C81H54N6. The van der Waals surface area contributed by atoms with E-state index in [-0.39, 0.29) is 0 Å². The topological polar surface area (TPSA) is 53.5 Å². The number of hydrogen-bond acceptors (Lipinski definition) is 3. The van der Waals surface area contributed by atoms with Gasteiger partial charge >= 0.3 is 0 Å². The monoisotopic (exact) mass is 1110 g/mol. The average molecular weight is 1110 g/mol. The van der Waals surface area contributed by atoms with Gasteiger partial charge in [-0.25, -0.2) is 15.0 Å². The second-order valence-corrected chi connectivity index (χ2v) is 22.6. The molecule has 12 aromatic carbocycles. The predicted octanol–water partition coefficient (Wildman–Crippen LogP) is 20.8. The molecule has 87 heavy (non-hydrogen) atoms. The number of rotatable bonds is 10. The molecule has 16 aromatic rings. The van der Waals surface area contributed by atoms with Crippen molar-refractivity contribution in [3.8, 4) is 84.6 Å². The van der Waals surface area contributed by atoms with Gasteiger partial charge in [-0.1, -0.05) is 249 Å². The van der Waals surface area contributed by atoms with Crippen LogP contribution in [0.4, 0.5) is 0 Å². The highest BCUT2D eigenvalue weighted by molar-refractivity contribution is 6.32. The summed E-state index contributed by atoms with van der Waals surface area (Å²) < 4.78 is 7.54. The Balaban J connectivity index is 1.00. The van der Waals surface area contributed by atoms with E-state index in [4.69, 9.17) is 15.0 Å². The van der Waals surface area contributed by atoms with Crippen molar-refractivity contribution in [2.24, 2.45) is 0 Å². The first kappa shape index (κ1) is 50.1. The number of aromatic nitrogens is 6. The van der Waals surface area contributed by atoms with Crippen LogP contribution < -0.4 is 0 Å². The summed E-state index contributed by atoms with van der Waals surface area (Å²) in [6, 6.07) is 103. The zero-order chi connectivity index (χ0) is 57.4. The number of benzene rings is 12. The highest BCUT2D eigenvalue weighted by atomic mass is 15.1. The first-order chi connectivity index (χ1) is 43.2. The third kappa shape index (κ3) is 8.36. The van der Waals surface area contributed by atoms with Crippen molar-refractivity contribution in [2.75, 3.05) is 0 Å². The Kier molecular flexibility index (Phi) is 11.9. The Bertz CT molecular complexity index is 5310. The van der Waals surface area contributed by atoms with Crippen molar-refractivity contribution < 1.29 is 0 Å². The fourth-order valence-electron chi connectivity index (χ4n) is 13.6.